The lowest BCUT2D eigenvalue weighted by molar-refractivity contribution is 0.0784. The maximum absolute atomic E-state index is 13.7. The highest BCUT2D eigenvalue weighted by Crippen LogP contribution is 2.26. The van der Waals surface area contributed by atoms with Gasteiger partial charge in [-0.15, -0.1) is 0 Å². The molecule has 1 aliphatic carbocycles. The minimum Gasteiger partial charge on any atom is -0.339 e. The van der Waals surface area contributed by atoms with Crippen LogP contribution in [0.5, 0.6) is 0 Å². The van der Waals surface area contributed by atoms with Crippen LogP contribution >= 0.6 is 0 Å². The predicted octanol–water partition coefficient (Wildman–Crippen LogP) is 1.37. The Morgan fingerprint density at radius 1 is 1.56 bits per heavy atom. The van der Waals surface area contributed by atoms with Crippen LogP contribution < -0.4 is 5.73 Å². The molecule has 1 aliphatic rings. The fourth-order valence-electron chi connectivity index (χ4n) is 1.73. The monoisotopic (exact) mass is 246 g/mol. The van der Waals surface area contributed by atoms with Gasteiger partial charge < -0.3 is 10.6 Å². The van der Waals surface area contributed by atoms with Gasteiger partial charge in [-0.25, -0.2) is 4.39 Å². The molecule has 94 valence electrons. The first-order valence-corrected chi connectivity index (χ1v) is 5.89. The summed E-state index contributed by atoms with van der Waals surface area (Å²) in [6.45, 7) is 0.185. The molecular weight excluding hydrogens is 231 g/mol. The molecule has 3 nitrogen and oxygen atoms in total. The first-order valence-electron chi connectivity index (χ1n) is 5.89. The van der Waals surface area contributed by atoms with Gasteiger partial charge in [-0.05, 0) is 31.0 Å². The minimum atomic E-state index is -0.481. The van der Waals surface area contributed by atoms with Gasteiger partial charge in [0.15, 0.2) is 0 Å². The van der Waals surface area contributed by atoms with E-state index in [-0.39, 0.29) is 18.0 Å². The number of carbonyl (C=O) groups is 1. The van der Waals surface area contributed by atoms with Gasteiger partial charge >= 0.3 is 0 Å². The van der Waals surface area contributed by atoms with Gasteiger partial charge in [-0.1, -0.05) is 11.8 Å². The SMILES string of the molecule is CN(C(=O)c1ccc(C#CCN)c(F)c1)C1CC1. The van der Waals surface area contributed by atoms with Crippen LogP contribution in [0, 0.1) is 17.7 Å². The molecule has 0 heterocycles. The molecule has 0 atom stereocenters. The lowest BCUT2D eigenvalue weighted by Crippen LogP contribution is -2.28. The van der Waals surface area contributed by atoms with Gasteiger partial charge in [-0.2, -0.15) is 0 Å². The van der Waals surface area contributed by atoms with Gasteiger partial charge in [0.05, 0.1) is 12.1 Å². The maximum Gasteiger partial charge on any atom is 0.253 e. The Kier molecular flexibility index (Phi) is 3.63. The zero-order chi connectivity index (χ0) is 13.1. The highest BCUT2D eigenvalue weighted by Gasteiger charge is 2.30. The van der Waals surface area contributed by atoms with E-state index in [1.54, 1.807) is 18.0 Å². The van der Waals surface area contributed by atoms with E-state index in [1.807, 2.05) is 0 Å². The highest BCUT2D eigenvalue weighted by atomic mass is 19.1. The number of halogens is 1. The normalized spacial score (nSPS) is 13.7. The Morgan fingerprint density at radius 2 is 2.28 bits per heavy atom. The van der Waals surface area contributed by atoms with E-state index in [9.17, 15) is 9.18 Å². The fourth-order valence-corrected chi connectivity index (χ4v) is 1.73. The van der Waals surface area contributed by atoms with E-state index in [0.717, 1.165) is 12.8 Å². The molecule has 18 heavy (non-hydrogen) atoms. The Labute approximate surface area is 106 Å². The predicted molar refractivity (Wildman–Crippen MR) is 67.4 cm³/mol. The molecule has 1 aromatic rings. The van der Waals surface area contributed by atoms with Gasteiger partial charge in [0.1, 0.15) is 5.82 Å². The standard InChI is InChI=1S/C14H15FN2O/c1-17(12-6-7-12)14(18)11-5-4-10(3-2-8-16)13(15)9-11/h4-5,9,12H,6-8,16H2,1H3. The average molecular weight is 246 g/mol. The first kappa shape index (κ1) is 12.6. The van der Waals surface area contributed by atoms with Crippen molar-refractivity contribution in [2.45, 2.75) is 18.9 Å². The summed E-state index contributed by atoms with van der Waals surface area (Å²) in [6.07, 6.45) is 2.07. The lowest BCUT2D eigenvalue weighted by atomic mass is 10.1. The summed E-state index contributed by atoms with van der Waals surface area (Å²) in [4.78, 5) is 13.7. The van der Waals surface area contributed by atoms with Crippen LogP contribution in [-0.2, 0) is 0 Å². The largest absolute Gasteiger partial charge is 0.339 e. The van der Waals surface area contributed by atoms with Crippen LogP contribution in [-0.4, -0.2) is 30.4 Å². The molecule has 0 radical (unpaired) electrons. The third-order valence-corrected chi connectivity index (χ3v) is 2.96. The molecular formula is C14H15FN2O. The molecule has 0 saturated heterocycles. The van der Waals surface area contributed by atoms with Crippen LogP contribution in [0.25, 0.3) is 0 Å². The second-order valence-electron chi connectivity index (χ2n) is 4.35. The number of nitrogens with two attached hydrogens (primary N) is 1. The van der Waals surface area contributed by atoms with Crippen LogP contribution in [0.1, 0.15) is 28.8 Å². The number of rotatable bonds is 2. The van der Waals surface area contributed by atoms with Crippen molar-refractivity contribution in [3.05, 3.63) is 35.1 Å². The summed E-state index contributed by atoms with van der Waals surface area (Å²) in [5.41, 5.74) is 5.86. The zero-order valence-corrected chi connectivity index (χ0v) is 10.2. The van der Waals surface area contributed by atoms with E-state index in [0.29, 0.717) is 11.6 Å². The van der Waals surface area contributed by atoms with Crippen molar-refractivity contribution in [2.75, 3.05) is 13.6 Å². The van der Waals surface area contributed by atoms with E-state index >= 15 is 0 Å². The van der Waals surface area contributed by atoms with Crippen LogP contribution in [0.15, 0.2) is 18.2 Å². The van der Waals surface area contributed by atoms with Crippen molar-refractivity contribution >= 4 is 5.91 Å². The molecule has 0 bridgehead atoms. The zero-order valence-electron chi connectivity index (χ0n) is 10.2. The smallest absolute Gasteiger partial charge is 0.253 e. The van der Waals surface area contributed by atoms with Gasteiger partial charge in [0, 0.05) is 18.7 Å². The molecule has 1 aromatic carbocycles. The number of nitrogens with zero attached hydrogens (tertiary/aromatic N) is 1. The van der Waals surface area contributed by atoms with Gasteiger partial charge in [0.2, 0.25) is 0 Å². The lowest BCUT2D eigenvalue weighted by Gasteiger charge is -2.16. The summed E-state index contributed by atoms with van der Waals surface area (Å²) < 4.78 is 13.7. The molecule has 1 fully saturated rings. The molecule has 0 unspecified atom stereocenters. The third kappa shape index (κ3) is 2.69. The van der Waals surface area contributed by atoms with E-state index < -0.39 is 5.82 Å². The van der Waals surface area contributed by atoms with E-state index in [2.05, 4.69) is 11.8 Å². The Bertz CT molecular complexity index is 526. The van der Waals surface area contributed by atoms with Crippen LogP contribution in [0.2, 0.25) is 0 Å². The molecule has 0 aromatic heterocycles. The fraction of sp³-hybridized carbons (Fsp3) is 0.357. The summed E-state index contributed by atoms with van der Waals surface area (Å²) in [5, 5.41) is 0. The van der Waals surface area contributed by atoms with Crippen molar-refractivity contribution in [3.8, 4) is 11.8 Å². The quantitative estimate of drug-likeness (QED) is 0.801. The number of carbonyl (C=O) groups excluding carboxylic acids is 1. The first-order chi connectivity index (χ1) is 8.63. The number of hydrogen-bond acceptors (Lipinski definition) is 2. The van der Waals surface area contributed by atoms with Crippen molar-refractivity contribution in [1.82, 2.24) is 4.90 Å². The second kappa shape index (κ2) is 5.19. The summed E-state index contributed by atoms with van der Waals surface area (Å²) in [6, 6.07) is 4.68. The van der Waals surface area contributed by atoms with Crippen molar-refractivity contribution in [2.24, 2.45) is 5.73 Å². The molecule has 1 amide bonds. The van der Waals surface area contributed by atoms with Crippen molar-refractivity contribution in [1.29, 1.82) is 0 Å². The molecule has 0 spiro atoms. The van der Waals surface area contributed by atoms with Crippen molar-refractivity contribution < 1.29 is 9.18 Å². The second-order valence-corrected chi connectivity index (χ2v) is 4.35. The third-order valence-electron chi connectivity index (χ3n) is 2.96. The van der Waals surface area contributed by atoms with Gasteiger partial charge in [-0.3, -0.25) is 4.79 Å². The van der Waals surface area contributed by atoms with Crippen LogP contribution in [0.4, 0.5) is 4.39 Å². The maximum atomic E-state index is 13.7. The Hall–Kier alpha value is -1.86. The minimum absolute atomic E-state index is 0.144. The molecule has 4 heteroatoms. The summed E-state index contributed by atoms with van der Waals surface area (Å²) in [5.74, 6) is 4.59. The van der Waals surface area contributed by atoms with Crippen molar-refractivity contribution in [3.63, 3.8) is 0 Å². The average Bonchev–Trinajstić information content (AvgIpc) is 3.19. The molecule has 2 N–H and O–H groups in total. The molecule has 1 saturated carbocycles. The number of amides is 1. The van der Waals surface area contributed by atoms with Gasteiger partial charge in [0.25, 0.3) is 5.91 Å². The topological polar surface area (TPSA) is 46.3 Å². The molecule has 2 rings (SSSR count). The highest BCUT2D eigenvalue weighted by molar-refractivity contribution is 5.94. The van der Waals surface area contributed by atoms with Crippen LogP contribution in [0.3, 0.4) is 0 Å². The molecule has 0 aliphatic heterocycles. The van der Waals surface area contributed by atoms with E-state index in [4.69, 9.17) is 5.73 Å². The number of hydrogen-bond donors (Lipinski definition) is 1. The Balaban J connectivity index is 2.19. The number of benzene rings is 1. The van der Waals surface area contributed by atoms with E-state index in [1.165, 1.54) is 12.1 Å². The summed E-state index contributed by atoms with van der Waals surface area (Å²) >= 11 is 0. The Morgan fingerprint density at radius 3 is 2.83 bits per heavy atom. The summed E-state index contributed by atoms with van der Waals surface area (Å²) in [7, 11) is 1.75.